The minimum absolute atomic E-state index is 0.301. The summed E-state index contributed by atoms with van der Waals surface area (Å²) >= 11 is 0. The lowest BCUT2D eigenvalue weighted by atomic mass is 9.74. The zero-order valence-electron chi connectivity index (χ0n) is 12.4. The molecule has 0 saturated carbocycles. The predicted molar refractivity (Wildman–Crippen MR) is 78.4 cm³/mol. The van der Waals surface area contributed by atoms with Gasteiger partial charge in [0, 0.05) is 0 Å². The highest BCUT2D eigenvalue weighted by atomic mass is 16.7. The largest absolute Gasteiger partial charge is 0.494 e. The average molecular weight is 248 g/mol. The number of hydrogen-bond acceptors (Lipinski definition) is 2. The van der Waals surface area contributed by atoms with Gasteiger partial charge >= 0.3 is 7.12 Å². The Morgan fingerprint density at radius 3 is 2.00 bits per heavy atom. The highest BCUT2D eigenvalue weighted by Crippen LogP contribution is 2.39. The Hall–Kier alpha value is -0.795. The van der Waals surface area contributed by atoms with Gasteiger partial charge in [-0.05, 0) is 52.9 Å². The SMILES string of the molecule is C=CCC/C=C(/B1OC(C)(C)C(C)(C)O1)C(=C)C. The van der Waals surface area contributed by atoms with E-state index in [1.807, 2.05) is 13.0 Å². The Bertz CT molecular complexity index is 351. The van der Waals surface area contributed by atoms with Gasteiger partial charge in [-0.15, -0.1) is 6.58 Å². The van der Waals surface area contributed by atoms with E-state index in [-0.39, 0.29) is 18.3 Å². The second-order valence-corrected chi connectivity index (χ2v) is 5.89. The normalized spacial score (nSPS) is 22.1. The van der Waals surface area contributed by atoms with Crippen molar-refractivity contribution in [1.82, 2.24) is 0 Å². The Morgan fingerprint density at radius 2 is 1.61 bits per heavy atom. The fourth-order valence-electron chi connectivity index (χ4n) is 1.80. The van der Waals surface area contributed by atoms with E-state index < -0.39 is 0 Å². The summed E-state index contributed by atoms with van der Waals surface area (Å²) in [4.78, 5) is 0. The van der Waals surface area contributed by atoms with Crippen LogP contribution in [0.15, 0.2) is 36.4 Å². The van der Waals surface area contributed by atoms with Crippen molar-refractivity contribution in [3.8, 4) is 0 Å². The number of hydrogen-bond donors (Lipinski definition) is 0. The molecule has 3 heteroatoms. The number of allylic oxidation sites excluding steroid dienone is 4. The molecule has 0 aliphatic carbocycles. The van der Waals surface area contributed by atoms with Crippen molar-refractivity contribution in [3.05, 3.63) is 36.4 Å². The third-order valence-corrected chi connectivity index (χ3v) is 3.74. The van der Waals surface area contributed by atoms with Crippen LogP contribution >= 0.6 is 0 Å². The first-order chi connectivity index (χ1) is 8.21. The molecule has 1 fully saturated rings. The molecule has 0 amide bonds. The van der Waals surface area contributed by atoms with E-state index in [1.54, 1.807) is 0 Å². The maximum Gasteiger partial charge on any atom is 0.494 e. The molecule has 0 spiro atoms. The van der Waals surface area contributed by atoms with Crippen molar-refractivity contribution in [2.75, 3.05) is 0 Å². The van der Waals surface area contributed by atoms with Gasteiger partial charge in [0.15, 0.2) is 0 Å². The third kappa shape index (κ3) is 3.15. The van der Waals surface area contributed by atoms with Crippen molar-refractivity contribution >= 4 is 7.12 Å². The van der Waals surface area contributed by atoms with Crippen molar-refractivity contribution in [1.29, 1.82) is 0 Å². The zero-order valence-corrected chi connectivity index (χ0v) is 12.4. The van der Waals surface area contributed by atoms with Crippen LogP contribution in [-0.4, -0.2) is 18.3 Å². The molecule has 0 aromatic heterocycles. The molecule has 0 aromatic rings. The fourth-order valence-corrected chi connectivity index (χ4v) is 1.80. The van der Waals surface area contributed by atoms with Crippen LogP contribution in [-0.2, 0) is 9.31 Å². The first kappa shape index (κ1) is 15.3. The molecule has 1 rings (SSSR count). The summed E-state index contributed by atoms with van der Waals surface area (Å²) in [5, 5.41) is 0. The molecule has 1 heterocycles. The lowest BCUT2D eigenvalue weighted by Gasteiger charge is -2.32. The van der Waals surface area contributed by atoms with Gasteiger partial charge in [-0.3, -0.25) is 0 Å². The molecule has 2 nitrogen and oxygen atoms in total. The van der Waals surface area contributed by atoms with Crippen LogP contribution in [0.4, 0.5) is 0 Å². The van der Waals surface area contributed by atoms with Crippen LogP contribution in [0.5, 0.6) is 0 Å². The minimum Gasteiger partial charge on any atom is -0.399 e. The standard InChI is InChI=1S/C15H25BO2/c1-8-9-10-11-13(12(2)3)16-17-14(4,5)15(6,7)18-16/h8,11H,1-2,9-10H2,3-7H3/b13-11+. The van der Waals surface area contributed by atoms with Crippen molar-refractivity contribution in [2.45, 2.75) is 58.7 Å². The van der Waals surface area contributed by atoms with Crippen molar-refractivity contribution in [3.63, 3.8) is 0 Å². The number of unbranched alkanes of at least 4 members (excludes halogenated alkanes) is 1. The second-order valence-electron chi connectivity index (χ2n) is 5.89. The molecule has 1 aliphatic rings. The van der Waals surface area contributed by atoms with Crippen LogP contribution in [0, 0.1) is 0 Å². The molecule has 1 saturated heterocycles. The smallest absolute Gasteiger partial charge is 0.399 e. The zero-order chi connectivity index (χ0) is 14.0. The van der Waals surface area contributed by atoms with Gasteiger partial charge in [-0.25, -0.2) is 0 Å². The van der Waals surface area contributed by atoms with Gasteiger partial charge in [0.05, 0.1) is 11.2 Å². The lowest BCUT2D eigenvalue weighted by molar-refractivity contribution is 0.00578. The molecule has 0 unspecified atom stereocenters. The first-order valence-electron chi connectivity index (χ1n) is 6.54. The summed E-state index contributed by atoms with van der Waals surface area (Å²) < 4.78 is 12.1. The monoisotopic (exact) mass is 248 g/mol. The molecule has 0 atom stereocenters. The van der Waals surface area contributed by atoms with Crippen LogP contribution in [0.1, 0.15) is 47.5 Å². The summed E-state index contributed by atoms with van der Waals surface area (Å²) in [5.74, 6) is 0. The van der Waals surface area contributed by atoms with E-state index in [1.165, 1.54) is 0 Å². The topological polar surface area (TPSA) is 18.5 Å². The minimum atomic E-state index is -0.308. The van der Waals surface area contributed by atoms with Gasteiger partial charge in [-0.1, -0.05) is 24.3 Å². The molecule has 0 N–H and O–H groups in total. The van der Waals surface area contributed by atoms with E-state index >= 15 is 0 Å². The van der Waals surface area contributed by atoms with Crippen LogP contribution in [0.2, 0.25) is 0 Å². The second kappa shape index (κ2) is 5.46. The Kier molecular flexibility index (Phi) is 4.63. The maximum atomic E-state index is 6.04. The van der Waals surface area contributed by atoms with E-state index in [0.717, 1.165) is 23.9 Å². The van der Waals surface area contributed by atoms with Crippen molar-refractivity contribution < 1.29 is 9.31 Å². The van der Waals surface area contributed by atoms with Crippen molar-refractivity contribution in [2.24, 2.45) is 0 Å². The summed E-state index contributed by atoms with van der Waals surface area (Å²) in [6.45, 7) is 18.0. The average Bonchev–Trinajstić information content (AvgIpc) is 2.42. The van der Waals surface area contributed by atoms with E-state index in [2.05, 4.69) is 46.9 Å². The molecule has 100 valence electrons. The van der Waals surface area contributed by atoms with Crippen LogP contribution < -0.4 is 0 Å². The predicted octanol–water partition coefficient (Wildman–Crippen LogP) is 4.09. The summed E-state index contributed by atoms with van der Waals surface area (Å²) in [6.07, 6.45) is 5.95. The highest BCUT2D eigenvalue weighted by molar-refractivity contribution is 6.56. The molecule has 18 heavy (non-hydrogen) atoms. The van der Waals surface area contributed by atoms with Gasteiger partial charge in [0.1, 0.15) is 0 Å². The molecule has 1 aliphatic heterocycles. The Morgan fingerprint density at radius 1 is 1.11 bits per heavy atom. The first-order valence-corrected chi connectivity index (χ1v) is 6.54. The van der Waals surface area contributed by atoms with E-state index in [0.29, 0.717) is 0 Å². The molecule has 0 aromatic carbocycles. The molecular weight excluding hydrogens is 223 g/mol. The molecule has 0 radical (unpaired) electrons. The highest BCUT2D eigenvalue weighted by Gasteiger charge is 2.52. The maximum absolute atomic E-state index is 6.04. The molecule has 0 bridgehead atoms. The summed E-state index contributed by atoms with van der Waals surface area (Å²) in [6, 6.07) is 0. The number of rotatable bonds is 5. The third-order valence-electron chi connectivity index (χ3n) is 3.74. The van der Waals surface area contributed by atoms with E-state index in [4.69, 9.17) is 9.31 Å². The van der Waals surface area contributed by atoms with Crippen LogP contribution in [0.25, 0.3) is 0 Å². The van der Waals surface area contributed by atoms with Gasteiger partial charge < -0.3 is 9.31 Å². The van der Waals surface area contributed by atoms with Gasteiger partial charge in [0.2, 0.25) is 0 Å². The van der Waals surface area contributed by atoms with Crippen LogP contribution in [0.3, 0.4) is 0 Å². The van der Waals surface area contributed by atoms with E-state index in [9.17, 15) is 0 Å². The Balaban J connectivity index is 2.88. The quantitative estimate of drug-likeness (QED) is 0.316. The summed E-state index contributed by atoms with van der Waals surface area (Å²) in [7, 11) is -0.308. The lowest BCUT2D eigenvalue weighted by Crippen LogP contribution is -2.41. The Labute approximate surface area is 112 Å². The molecular formula is C15H25BO2. The van der Waals surface area contributed by atoms with Gasteiger partial charge in [0.25, 0.3) is 0 Å². The summed E-state index contributed by atoms with van der Waals surface area (Å²) in [5.41, 5.74) is 1.45. The van der Waals surface area contributed by atoms with Gasteiger partial charge in [-0.2, -0.15) is 0 Å². The fraction of sp³-hybridized carbons (Fsp3) is 0.600.